The van der Waals surface area contributed by atoms with Crippen molar-refractivity contribution in [3.63, 3.8) is 0 Å². The number of carbonyl (C=O) groups excluding carboxylic acids is 3. The standard InChI is InChI=1S/C30H19NO7/c32-25-21-13-6-7-14-23(21)37-26(24-15-8-16-36-24)27(25)38-30(35)22(17-18-9-2-1-3-10-18)31-28(33)19-11-4-5-12-20(19)29(31)34/h1-16,22H,17H2/t22-/m1/s1. The van der Waals surface area contributed by atoms with Crippen LogP contribution in [-0.2, 0) is 11.2 Å². The molecule has 0 unspecified atom stereocenters. The number of rotatable bonds is 6. The van der Waals surface area contributed by atoms with Gasteiger partial charge in [-0.15, -0.1) is 0 Å². The van der Waals surface area contributed by atoms with Crippen molar-refractivity contribution in [2.75, 3.05) is 0 Å². The number of fused-ring (bicyclic) bond motifs is 2. The summed E-state index contributed by atoms with van der Waals surface area (Å²) < 4.78 is 17.1. The highest BCUT2D eigenvalue weighted by Crippen LogP contribution is 2.32. The summed E-state index contributed by atoms with van der Waals surface area (Å²) in [5.74, 6) is -2.47. The summed E-state index contributed by atoms with van der Waals surface area (Å²) in [6.45, 7) is 0. The second-order valence-electron chi connectivity index (χ2n) is 8.72. The molecule has 8 nitrogen and oxygen atoms in total. The number of furan rings is 1. The first-order valence-corrected chi connectivity index (χ1v) is 11.8. The van der Waals surface area contributed by atoms with Crippen molar-refractivity contribution >= 4 is 28.8 Å². The van der Waals surface area contributed by atoms with Gasteiger partial charge in [-0.25, -0.2) is 4.79 Å². The number of para-hydroxylation sites is 1. The van der Waals surface area contributed by atoms with E-state index in [2.05, 4.69) is 0 Å². The SMILES string of the molecule is O=C(Oc1c(-c2ccco2)oc2ccccc2c1=O)[C@@H](Cc1ccccc1)N1C(=O)c2ccccc2C1=O. The molecule has 38 heavy (non-hydrogen) atoms. The second-order valence-corrected chi connectivity index (χ2v) is 8.72. The summed E-state index contributed by atoms with van der Waals surface area (Å²) in [5.41, 5.74) is 0.787. The van der Waals surface area contributed by atoms with Crippen LogP contribution in [0.15, 0.2) is 111 Å². The highest BCUT2D eigenvalue weighted by Gasteiger charge is 2.44. The van der Waals surface area contributed by atoms with Crippen LogP contribution in [-0.4, -0.2) is 28.7 Å². The van der Waals surface area contributed by atoms with Crippen LogP contribution in [0, 0.1) is 0 Å². The van der Waals surface area contributed by atoms with Gasteiger partial charge in [-0.3, -0.25) is 19.3 Å². The van der Waals surface area contributed by atoms with Crippen LogP contribution in [0.2, 0.25) is 0 Å². The molecule has 1 aliphatic heterocycles. The molecule has 0 saturated carbocycles. The molecule has 0 N–H and O–H groups in total. The number of amides is 2. The number of imide groups is 1. The van der Waals surface area contributed by atoms with Gasteiger partial charge in [0.25, 0.3) is 11.8 Å². The zero-order valence-corrected chi connectivity index (χ0v) is 19.8. The molecule has 0 fully saturated rings. The lowest BCUT2D eigenvalue weighted by Gasteiger charge is -2.24. The van der Waals surface area contributed by atoms with Gasteiger partial charge in [-0.2, -0.15) is 0 Å². The molecule has 2 aromatic heterocycles. The van der Waals surface area contributed by atoms with Crippen LogP contribution in [0.5, 0.6) is 5.75 Å². The molecule has 2 amide bonds. The summed E-state index contributed by atoms with van der Waals surface area (Å²) in [7, 11) is 0. The third kappa shape index (κ3) is 3.88. The minimum atomic E-state index is -1.35. The Morgan fingerprint density at radius 3 is 2.13 bits per heavy atom. The normalized spacial score (nSPS) is 13.5. The fraction of sp³-hybridized carbons (Fsp3) is 0.0667. The molecule has 186 valence electrons. The Hall–Kier alpha value is -5.24. The smallest absolute Gasteiger partial charge is 0.335 e. The molecule has 1 atom stereocenters. The molecule has 1 aliphatic rings. The summed E-state index contributed by atoms with van der Waals surface area (Å²) in [6.07, 6.45) is 1.38. The van der Waals surface area contributed by atoms with Gasteiger partial charge in [0.05, 0.1) is 22.8 Å². The summed E-state index contributed by atoms with van der Waals surface area (Å²) in [6, 6.07) is 23.7. The Kier molecular flexibility index (Phi) is 5.69. The third-order valence-electron chi connectivity index (χ3n) is 6.38. The lowest BCUT2D eigenvalue weighted by atomic mass is 10.0. The number of hydrogen-bond donors (Lipinski definition) is 0. The Morgan fingerprint density at radius 1 is 0.789 bits per heavy atom. The average Bonchev–Trinajstić information content (AvgIpc) is 3.57. The maximum atomic E-state index is 13.8. The first kappa shape index (κ1) is 23.2. The predicted molar refractivity (Wildman–Crippen MR) is 137 cm³/mol. The summed E-state index contributed by atoms with van der Waals surface area (Å²) in [4.78, 5) is 54.7. The van der Waals surface area contributed by atoms with E-state index in [0.29, 0.717) is 5.56 Å². The van der Waals surface area contributed by atoms with Crippen molar-refractivity contribution in [2.24, 2.45) is 0 Å². The molecule has 3 aromatic carbocycles. The van der Waals surface area contributed by atoms with Crippen molar-refractivity contribution in [2.45, 2.75) is 12.5 Å². The van der Waals surface area contributed by atoms with E-state index < -0.39 is 35.0 Å². The maximum Gasteiger partial charge on any atom is 0.335 e. The van der Waals surface area contributed by atoms with Gasteiger partial charge in [0.15, 0.2) is 5.76 Å². The van der Waals surface area contributed by atoms with E-state index in [1.54, 1.807) is 72.8 Å². The molecule has 5 aromatic rings. The van der Waals surface area contributed by atoms with Gasteiger partial charge in [0, 0.05) is 6.42 Å². The molecule has 0 aliphatic carbocycles. The number of nitrogens with zero attached hydrogens (tertiary/aromatic N) is 1. The molecule has 0 saturated heterocycles. The van der Waals surface area contributed by atoms with Crippen molar-refractivity contribution < 1.29 is 28.0 Å². The van der Waals surface area contributed by atoms with Crippen molar-refractivity contribution in [1.82, 2.24) is 4.90 Å². The monoisotopic (exact) mass is 505 g/mol. The van der Waals surface area contributed by atoms with Gasteiger partial charge in [-0.1, -0.05) is 54.6 Å². The number of esters is 1. The van der Waals surface area contributed by atoms with Gasteiger partial charge in [0.1, 0.15) is 11.6 Å². The minimum Gasteiger partial charge on any atom is -0.461 e. The molecular formula is C30H19NO7. The van der Waals surface area contributed by atoms with Crippen LogP contribution in [0.25, 0.3) is 22.5 Å². The quantitative estimate of drug-likeness (QED) is 0.239. The van der Waals surface area contributed by atoms with E-state index >= 15 is 0 Å². The summed E-state index contributed by atoms with van der Waals surface area (Å²) >= 11 is 0. The molecule has 0 bridgehead atoms. The van der Waals surface area contributed by atoms with Gasteiger partial charge in [-0.05, 0) is 42.0 Å². The molecule has 0 spiro atoms. The van der Waals surface area contributed by atoms with Gasteiger partial charge >= 0.3 is 5.97 Å². The van der Waals surface area contributed by atoms with Crippen molar-refractivity contribution in [3.05, 3.63) is 124 Å². The number of benzene rings is 3. The van der Waals surface area contributed by atoms with E-state index in [9.17, 15) is 19.2 Å². The van der Waals surface area contributed by atoms with Crippen LogP contribution >= 0.6 is 0 Å². The highest BCUT2D eigenvalue weighted by molar-refractivity contribution is 6.22. The maximum absolute atomic E-state index is 13.8. The van der Waals surface area contributed by atoms with Crippen molar-refractivity contribution in [1.29, 1.82) is 0 Å². The second kappa shape index (κ2) is 9.33. The highest BCUT2D eigenvalue weighted by atomic mass is 16.5. The zero-order valence-electron chi connectivity index (χ0n) is 19.8. The third-order valence-corrected chi connectivity index (χ3v) is 6.38. The van der Waals surface area contributed by atoms with E-state index in [-0.39, 0.29) is 40.0 Å². The van der Waals surface area contributed by atoms with E-state index in [1.165, 1.54) is 18.4 Å². The van der Waals surface area contributed by atoms with Gasteiger partial charge in [0.2, 0.25) is 16.9 Å². The average molecular weight is 505 g/mol. The van der Waals surface area contributed by atoms with Crippen LogP contribution in [0.4, 0.5) is 0 Å². The lowest BCUT2D eigenvalue weighted by Crippen LogP contribution is -2.48. The first-order valence-electron chi connectivity index (χ1n) is 11.8. The molecule has 0 radical (unpaired) electrons. The Bertz CT molecular complexity index is 1720. The number of ether oxygens (including phenoxy) is 1. The first-order chi connectivity index (χ1) is 18.5. The van der Waals surface area contributed by atoms with E-state index in [1.807, 2.05) is 6.07 Å². The minimum absolute atomic E-state index is 0.0137. The molecule has 3 heterocycles. The topological polar surface area (TPSA) is 107 Å². The lowest BCUT2D eigenvalue weighted by molar-refractivity contribution is -0.138. The van der Waals surface area contributed by atoms with Crippen LogP contribution in [0.3, 0.4) is 0 Å². The number of hydrogen-bond acceptors (Lipinski definition) is 7. The van der Waals surface area contributed by atoms with Crippen molar-refractivity contribution in [3.8, 4) is 17.3 Å². The zero-order chi connectivity index (χ0) is 26.2. The Balaban J connectivity index is 1.45. The molecule has 6 rings (SSSR count). The number of carbonyl (C=O) groups is 3. The fourth-order valence-corrected chi connectivity index (χ4v) is 4.56. The largest absolute Gasteiger partial charge is 0.461 e. The predicted octanol–water partition coefficient (Wildman–Crippen LogP) is 4.87. The fourth-order valence-electron chi connectivity index (χ4n) is 4.56. The van der Waals surface area contributed by atoms with Crippen LogP contribution in [0.1, 0.15) is 26.3 Å². The van der Waals surface area contributed by atoms with Gasteiger partial charge < -0.3 is 13.6 Å². The summed E-state index contributed by atoms with van der Waals surface area (Å²) in [5, 5.41) is 0.200. The van der Waals surface area contributed by atoms with E-state index in [0.717, 1.165) is 4.90 Å². The molecular weight excluding hydrogens is 486 g/mol. The van der Waals surface area contributed by atoms with E-state index in [4.69, 9.17) is 13.6 Å². The van der Waals surface area contributed by atoms with Crippen LogP contribution < -0.4 is 10.2 Å². The Morgan fingerprint density at radius 2 is 1.45 bits per heavy atom. The molecule has 8 heteroatoms. The Labute approximate surface area is 215 Å².